The number of unbranched alkanes of at least 4 members (excludes halogenated alkanes) is 2. The first kappa shape index (κ1) is 24.9. The Kier molecular flexibility index (Phi) is 13.2. The van der Waals surface area contributed by atoms with Crippen LogP contribution in [0.3, 0.4) is 0 Å². The summed E-state index contributed by atoms with van der Waals surface area (Å²) in [5, 5.41) is 11.6. The van der Waals surface area contributed by atoms with E-state index in [1.165, 1.54) is 69.8 Å². The first-order chi connectivity index (χ1) is 13.5. The molecule has 0 bridgehead atoms. The van der Waals surface area contributed by atoms with Crippen molar-refractivity contribution in [2.75, 3.05) is 7.05 Å². The van der Waals surface area contributed by atoms with Crippen LogP contribution in [-0.2, 0) is 6.42 Å². The highest BCUT2D eigenvalue weighted by atomic mass is 16.3. The Morgan fingerprint density at radius 2 is 1.71 bits per heavy atom. The van der Waals surface area contributed by atoms with Gasteiger partial charge in [-0.1, -0.05) is 76.3 Å². The highest BCUT2D eigenvalue weighted by molar-refractivity contribution is 5.25. The Hall–Kier alpha value is -1.12. The van der Waals surface area contributed by atoms with Crippen molar-refractivity contribution in [2.45, 2.75) is 104 Å². The molecule has 0 aromatic heterocycles. The maximum absolute atomic E-state index is 8.95. The van der Waals surface area contributed by atoms with Crippen molar-refractivity contribution in [1.29, 1.82) is 0 Å². The molecule has 1 fully saturated rings. The lowest BCUT2D eigenvalue weighted by Crippen LogP contribution is -2.25. The largest absolute Gasteiger partial charge is 0.375 e. The summed E-state index contributed by atoms with van der Waals surface area (Å²) in [5.74, 6) is 1.87. The van der Waals surface area contributed by atoms with E-state index in [4.69, 9.17) is 5.11 Å². The highest BCUT2D eigenvalue weighted by Crippen LogP contribution is 2.37. The Balaban J connectivity index is 0.000000416. The first-order valence-electron chi connectivity index (χ1n) is 11.6. The van der Waals surface area contributed by atoms with Crippen molar-refractivity contribution in [1.82, 2.24) is 5.32 Å². The van der Waals surface area contributed by atoms with E-state index in [0.717, 1.165) is 17.4 Å². The molecule has 160 valence electrons. The zero-order chi connectivity index (χ0) is 20.8. The second kappa shape index (κ2) is 14.8. The smallest absolute Gasteiger partial charge is 0.126 e. The van der Waals surface area contributed by atoms with E-state index in [2.05, 4.69) is 43.4 Å². The van der Waals surface area contributed by atoms with E-state index in [-0.39, 0.29) is 0 Å². The lowest BCUT2D eigenvalue weighted by molar-refractivity contribution is 0.183. The van der Waals surface area contributed by atoms with E-state index in [9.17, 15) is 0 Å². The summed E-state index contributed by atoms with van der Waals surface area (Å²) in [6.07, 6.45) is 15.4. The number of likely N-dealkylation sites (N-methyl/N-ethyl adjacent to an activating group) is 1. The Morgan fingerprint density at radius 3 is 2.18 bits per heavy atom. The molecule has 2 nitrogen and oxygen atoms in total. The third-order valence-electron chi connectivity index (χ3n) is 6.21. The molecule has 1 atom stereocenters. The van der Waals surface area contributed by atoms with Crippen LogP contribution in [0.1, 0.15) is 103 Å². The Morgan fingerprint density at radius 1 is 1.07 bits per heavy atom. The van der Waals surface area contributed by atoms with Gasteiger partial charge >= 0.3 is 0 Å². The average Bonchev–Trinajstić information content (AvgIpc) is 2.74. The molecule has 28 heavy (non-hydrogen) atoms. The second-order valence-corrected chi connectivity index (χ2v) is 8.43. The van der Waals surface area contributed by atoms with Crippen LogP contribution >= 0.6 is 0 Å². The topological polar surface area (TPSA) is 32.3 Å². The monoisotopic (exact) mass is 387 g/mol. The number of aryl methyl sites for hydroxylation is 1. The normalized spacial score (nSPS) is 21.0. The van der Waals surface area contributed by atoms with Crippen LogP contribution in [0, 0.1) is 5.92 Å². The van der Waals surface area contributed by atoms with Gasteiger partial charge in [-0.05, 0) is 81.5 Å². The van der Waals surface area contributed by atoms with Gasteiger partial charge in [0, 0.05) is 0 Å². The van der Waals surface area contributed by atoms with Gasteiger partial charge in [-0.2, -0.15) is 0 Å². The van der Waals surface area contributed by atoms with Crippen LogP contribution < -0.4 is 5.32 Å². The number of hydrogen-bond donors (Lipinski definition) is 2. The molecule has 0 amide bonds. The summed E-state index contributed by atoms with van der Waals surface area (Å²) in [4.78, 5) is 0. The fourth-order valence-electron chi connectivity index (χ4n) is 4.10. The summed E-state index contributed by atoms with van der Waals surface area (Å²) >= 11 is 0. The molecule has 1 saturated carbocycles. The van der Waals surface area contributed by atoms with Gasteiger partial charge in [0.25, 0.3) is 0 Å². The summed E-state index contributed by atoms with van der Waals surface area (Å²) in [6.45, 7) is 8.34. The lowest BCUT2D eigenvalue weighted by atomic mass is 9.77. The summed E-state index contributed by atoms with van der Waals surface area (Å²) < 4.78 is 0. The number of hydrogen-bond acceptors (Lipinski definition) is 2. The molecule has 1 aromatic carbocycles. The second-order valence-electron chi connectivity index (χ2n) is 8.43. The van der Waals surface area contributed by atoms with E-state index in [0.29, 0.717) is 0 Å². The molecule has 1 unspecified atom stereocenters. The predicted molar refractivity (Wildman–Crippen MR) is 124 cm³/mol. The minimum atomic E-state index is -0.472. The van der Waals surface area contributed by atoms with Gasteiger partial charge in [0.1, 0.15) is 6.23 Å². The van der Waals surface area contributed by atoms with E-state index < -0.39 is 6.23 Å². The van der Waals surface area contributed by atoms with Crippen molar-refractivity contribution < 1.29 is 5.11 Å². The number of aliphatic hydroxyl groups is 1. The third kappa shape index (κ3) is 9.39. The fourth-order valence-corrected chi connectivity index (χ4v) is 4.10. The van der Waals surface area contributed by atoms with Gasteiger partial charge in [0.15, 0.2) is 0 Å². The van der Waals surface area contributed by atoms with Crippen LogP contribution in [0.2, 0.25) is 0 Å². The number of allylic oxidation sites excluding steroid dienone is 1. The SMILES string of the molecule is C/C=C(\C)C(O)NC.CCCCCC1CCC(c2ccc(CCC)cc2)CC1. The van der Waals surface area contributed by atoms with Gasteiger partial charge in [-0.15, -0.1) is 0 Å². The van der Waals surface area contributed by atoms with Crippen LogP contribution in [0.5, 0.6) is 0 Å². The number of aliphatic hydroxyl groups excluding tert-OH is 1. The maximum atomic E-state index is 8.95. The van der Waals surface area contributed by atoms with Crippen molar-refractivity contribution in [3.8, 4) is 0 Å². The van der Waals surface area contributed by atoms with Gasteiger partial charge in [0.05, 0.1) is 0 Å². The summed E-state index contributed by atoms with van der Waals surface area (Å²) in [5.41, 5.74) is 4.05. The Labute approximate surface area is 174 Å². The van der Waals surface area contributed by atoms with E-state index in [1.54, 1.807) is 12.6 Å². The van der Waals surface area contributed by atoms with Gasteiger partial charge in [-0.3, -0.25) is 5.32 Å². The maximum Gasteiger partial charge on any atom is 0.126 e. The average molecular weight is 388 g/mol. The molecule has 2 N–H and O–H groups in total. The van der Waals surface area contributed by atoms with Gasteiger partial charge in [-0.25, -0.2) is 0 Å². The number of nitrogens with one attached hydrogen (secondary N) is 1. The van der Waals surface area contributed by atoms with Crippen molar-refractivity contribution in [3.05, 3.63) is 47.0 Å². The van der Waals surface area contributed by atoms with Gasteiger partial charge in [0.2, 0.25) is 0 Å². The molecule has 2 heteroatoms. The Bertz CT molecular complexity index is 526. The highest BCUT2D eigenvalue weighted by Gasteiger charge is 2.21. The summed E-state index contributed by atoms with van der Waals surface area (Å²) in [7, 11) is 1.72. The molecule has 0 heterocycles. The lowest BCUT2D eigenvalue weighted by Gasteiger charge is -2.29. The molecule has 1 aliphatic rings. The van der Waals surface area contributed by atoms with E-state index >= 15 is 0 Å². The van der Waals surface area contributed by atoms with Crippen LogP contribution in [-0.4, -0.2) is 18.4 Å². The molecule has 2 rings (SSSR count). The molecule has 1 aromatic rings. The van der Waals surface area contributed by atoms with Crippen molar-refractivity contribution >= 4 is 0 Å². The van der Waals surface area contributed by atoms with Crippen molar-refractivity contribution in [2.24, 2.45) is 5.92 Å². The molecular weight excluding hydrogens is 342 g/mol. The molecule has 0 radical (unpaired) electrons. The fraction of sp³-hybridized carbons (Fsp3) is 0.692. The van der Waals surface area contributed by atoms with Crippen LogP contribution in [0.15, 0.2) is 35.9 Å². The quantitative estimate of drug-likeness (QED) is 0.272. The standard InChI is InChI=1S/C20H32.C6H13NO/c1-3-5-6-8-18-11-15-20(16-12-18)19-13-9-17(7-4-2)10-14-19;1-4-5(2)6(8)7-3/h9-10,13-14,18,20H,3-8,11-12,15-16H2,1-2H3;4,6-8H,1-3H3/b;5-4+. The minimum Gasteiger partial charge on any atom is -0.375 e. The predicted octanol–water partition coefficient (Wildman–Crippen LogP) is 6.98. The number of benzene rings is 1. The third-order valence-corrected chi connectivity index (χ3v) is 6.21. The molecular formula is C26H45NO. The van der Waals surface area contributed by atoms with Gasteiger partial charge < -0.3 is 5.11 Å². The zero-order valence-electron chi connectivity index (χ0n) is 19.1. The first-order valence-corrected chi connectivity index (χ1v) is 11.6. The minimum absolute atomic E-state index is 0.472. The number of rotatable bonds is 9. The molecule has 1 aliphatic carbocycles. The molecule has 0 saturated heterocycles. The van der Waals surface area contributed by atoms with E-state index in [1.807, 2.05) is 19.9 Å². The van der Waals surface area contributed by atoms with Crippen LogP contribution in [0.25, 0.3) is 0 Å². The summed E-state index contributed by atoms with van der Waals surface area (Å²) in [6, 6.07) is 9.50. The molecule has 0 aliphatic heterocycles. The van der Waals surface area contributed by atoms with Crippen LogP contribution in [0.4, 0.5) is 0 Å². The van der Waals surface area contributed by atoms with Crippen molar-refractivity contribution in [3.63, 3.8) is 0 Å². The molecule has 0 spiro atoms. The zero-order valence-corrected chi connectivity index (χ0v) is 19.1.